The van der Waals surface area contributed by atoms with Crippen molar-refractivity contribution in [3.8, 4) is 0 Å². The monoisotopic (exact) mass is 395 g/mol. The molecule has 1 amide bonds. The van der Waals surface area contributed by atoms with Crippen LogP contribution in [0.2, 0.25) is 0 Å². The summed E-state index contributed by atoms with van der Waals surface area (Å²) in [5.74, 6) is 0.117. The number of carbonyl (C=O) groups is 1. The van der Waals surface area contributed by atoms with E-state index in [-0.39, 0.29) is 5.91 Å². The third-order valence-corrected chi connectivity index (χ3v) is 7.10. The van der Waals surface area contributed by atoms with E-state index in [1.54, 1.807) is 0 Å². The van der Waals surface area contributed by atoms with Crippen LogP contribution in [0, 0.1) is 0 Å². The van der Waals surface area contributed by atoms with E-state index >= 15 is 0 Å². The molecule has 0 spiro atoms. The highest BCUT2D eigenvalue weighted by molar-refractivity contribution is 5.94. The minimum absolute atomic E-state index is 0.117. The summed E-state index contributed by atoms with van der Waals surface area (Å²) in [6, 6.07) is 6.77. The molecule has 4 heterocycles. The lowest BCUT2D eigenvalue weighted by molar-refractivity contribution is 0.0517. The molecule has 6 heteroatoms. The van der Waals surface area contributed by atoms with Crippen molar-refractivity contribution in [2.75, 3.05) is 39.3 Å². The first-order valence-corrected chi connectivity index (χ1v) is 11.5. The predicted octanol–water partition coefficient (Wildman–Crippen LogP) is 3.02. The van der Waals surface area contributed by atoms with Crippen molar-refractivity contribution in [3.63, 3.8) is 0 Å². The van der Waals surface area contributed by atoms with E-state index < -0.39 is 0 Å². The normalized spacial score (nSPS) is 22.6. The van der Waals surface area contributed by atoms with Gasteiger partial charge in [0, 0.05) is 45.0 Å². The van der Waals surface area contributed by atoms with E-state index in [1.165, 1.54) is 44.9 Å². The molecular weight excluding hydrogens is 362 g/mol. The van der Waals surface area contributed by atoms with Gasteiger partial charge in [-0.2, -0.15) is 0 Å². The Morgan fingerprint density at radius 3 is 2.45 bits per heavy atom. The molecule has 3 fully saturated rings. The molecule has 6 nitrogen and oxygen atoms in total. The molecule has 5 rings (SSSR count). The van der Waals surface area contributed by atoms with Gasteiger partial charge >= 0.3 is 0 Å². The van der Waals surface area contributed by atoms with Crippen LogP contribution in [0.3, 0.4) is 0 Å². The third-order valence-electron chi connectivity index (χ3n) is 7.10. The van der Waals surface area contributed by atoms with Crippen LogP contribution in [0.25, 0.3) is 5.65 Å². The van der Waals surface area contributed by atoms with Gasteiger partial charge in [-0.25, -0.2) is 4.98 Å². The van der Waals surface area contributed by atoms with E-state index in [2.05, 4.69) is 14.2 Å². The molecule has 0 bridgehead atoms. The average molecular weight is 396 g/mol. The summed E-state index contributed by atoms with van der Waals surface area (Å²) >= 11 is 0. The zero-order valence-electron chi connectivity index (χ0n) is 17.4. The maximum atomic E-state index is 13.5. The highest BCUT2D eigenvalue weighted by Crippen LogP contribution is 2.25. The number of nitrogens with zero attached hydrogens (tertiary/aromatic N) is 5. The lowest BCUT2D eigenvalue weighted by atomic mass is 9.94. The predicted molar refractivity (Wildman–Crippen MR) is 114 cm³/mol. The minimum atomic E-state index is 0.117. The van der Waals surface area contributed by atoms with Crippen molar-refractivity contribution >= 4 is 11.6 Å². The number of hydrogen-bond acceptors (Lipinski definition) is 4. The molecule has 2 aliphatic heterocycles. The van der Waals surface area contributed by atoms with E-state index in [0.717, 1.165) is 63.2 Å². The maximum absolute atomic E-state index is 13.5. The Kier molecular flexibility index (Phi) is 5.55. The van der Waals surface area contributed by atoms with Gasteiger partial charge in [0.1, 0.15) is 5.65 Å². The molecule has 2 aromatic heterocycles. The summed E-state index contributed by atoms with van der Waals surface area (Å²) in [4.78, 5) is 25.3. The Morgan fingerprint density at radius 2 is 1.69 bits per heavy atom. The summed E-state index contributed by atoms with van der Waals surface area (Å²) in [6.45, 7) is 6.71. The van der Waals surface area contributed by atoms with Gasteiger partial charge in [0.05, 0.1) is 5.69 Å². The standard InChI is InChI=1S/C23H33N5O/c29-23(27-16-14-26(15-17-27)19-8-2-1-3-9-19)22-20(18-25-11-6-7-12-25)28-13-5-4-10-21(28)24-22/h4-5,10,13,19H,1-3,6-9,11-12,14-18H2. The molecule has 2 aromatic rings. The number of piperazine rings is 1. The van der Waals surface area contributed by atoms with Gasteiger partial charge in [-0.15, -0.1) is 0 Å². The van der Waals surface area contributed by atoms with Crippen molar-refractivity contribution in [3.05, 3.63) is 35.8 Å². The zero-order valence-corrected chi connectivity index (χ0v) is 17.4. The summed E-state index contributed by atoms with van der Waals surface area (Å²) in [7, 11) is 0. The maximum Gasteiger partial charge on any atom is 0.274 e. The van der Waals surface area contributed by atoms with Crippen LogP contribution >= 0.6 is 0 Å². The number of likely N-dealkylation sites (tertiary alicyclic amines) is 1. The Labute approximate surface area is 173 Å². The van der Waals surface area contributed by atoms with Gasteiger partial charge in [-0.1, -0.05) is 25.3 Å². The van der Waals surface area contributed by atoms with Crippen LogP contribution in [0.15, 0.2) is 24.4 Å². The SMILES string of the molecule is O=C(c1nc2ccccn2c1CN1CCCC1)N1CCN(C2CCCCC2)CC1. The highest BCUT2D eigenvalue weighted by atomic mass is 16.2. The largest absolute Gasteiger partial charge is 0.335 e. The smallest absolute Gasteiger partial charge is 0.274 e. The summed E-state index contributed by atoms with van der Waals surface area (Å²) in [5.41, 5.74) is 2.60. The van der Waals surface area contributed by atoms with E-state index in [9.17, 15) is 4.79 Å². The fourth-order valence-corrected chi connectivity index (χ4v) is 5.41. The Morgan fingerprint density at radius 1 is 0.931 bits per heavy atom. The number of amides is 1. The van der Waals surface area contributed by atoms with Gasteiger partial charge in [0.15, 0.2) is 5.69 Å². The number of rotatable bonds is 4. The zero-order chi connectivity index (χ0) is 19.6. The van der Waals surface area contributed by atoms with Crippen molar-refractivity contribution in [2.24, 2.45) is 0 Å². The van der Waals surface area contributed by atoms with Crippen LogP contribution in [0.5, 0.6) is 0 Å². The van der Waals surface area contributed by atoms with Crippen molar-refractivity contribution in [1.82, 2.24) is 24.1 Å². The second-order valence-electron chi connectivity index (χ2n) is 8.94. The lowest BCUT2D eigenvalue weighted by Crippen LogP contribution is -2.52. The number of imidazole rings is 1. The molecule has 1 aliphatic carbocycles. The first kappa shape index (κ1) is 19.1. The van der Waals surface area contributed by atoms with Crippen molar-refractivity contribution in [1.29, 1.82) is 0 Å². The average Bonchev–Trinajstić information content (AvgIpc) is 3.43. The summed E-state index contributed by atoms with van der Waals surface area (Å²) in [5, 5.41) is 0. The topological polar surface area (TPSA) is 44.1 Å². The molecule has 1 saturated carbocycles. The molecule has 0 aromatic carbocycles. The molecule has 0 N–H and O–H groups in total. The van der Waals surface area contributed by atoms with E-state index in [0.29, 0.717) is 5.69 Å². The fourth-order valence-electron chi connectivity index (χ4n) is 5.41. The lowest BCUT2D eigenvalue weighted by Gasteiger charge is -2.40. The van der Waals surface area contributed by atoms with Crippen LogP contribution in [-0.2, 0) is 6.54 Å². The molecule has 29 heavy (non-hydrogen) atoms. The number of aromatic nitrogens is 2. The quantitative estimate of drug-likeness (QED) is 0.798. The van der Waals surface area contributed by atoms with Crippen LogP contribution in [0.4, 0.5) is 0 Å². The molecular formula is C23H33N5O. The van der Waals surface area contributed by atoms with Gasteiger partial charge in [-0.3, -0.25) is 14.6 Å². The van der Waals surface area contributed by atoms with Gasteiger partial charge in [0.25, 0.3) is 5.91 Å². The summed E-state index contributed by atoms with van der Waals surface area (Å²) in [6.07, 6.45) is 11.3. The minimum Gasteiger partial charge on any atom is -0.335 e. The fraction of sp³-hybridized carbons (Fsp3) is 0.652. The molecule has 2 saturated heterocycles. The van der Waals surface area contributed by atoms with Crippen molar-refractivity contribution in [2.45, 2.75) is 57.5 Å². The molecule has 0 atom stereocenters. The Bertz CT molecular complexity index is 842. The van der Waals surface area contributed by atoms with Gasteiger partial charge in [-0.05, 0) is 50.9 Å². The number of hydrogen-bond donors (Lipinski definition) is 0. The third kappa shape index (κ3) is 3.92. The number of pyridine rings is 1. The molecule has 156 valence electrons. The van der Waals surface area contributed by atoms with Crippen LogP contribution < -0.4 is 0 Å². The van der Waals surface area contributed by atoms with Gasteiger partial charge in [0.2, 0.25) is 0 Å². The molecule has 3 aliphatic rings. The van der Waals surface area contributed by atoms with Crippen LogP contribution in [0.1, 0.15) is 61.1 Å². The van der Waals surface area contributed by atoms with E-state index in [1.807, 2.05) is 29.3 Å². The van der Waals surface area contributed by atoms with Gasteiger partial charge < -0.3 is 9.30 Å². The highest BCUT2D eigenvalue weighted by Gasteiger charge is 2.30. The first-order valence-electron chi connectivity index (χ1n) is 11.5. The van der Waals surface area contributed by atoms with Crippen LogP contribution in [-0.4, -0.2) is 75.3 Å². The molecule has 0 unspecified atom stereocenters. The summed E-state index contributed by atoms with van der Waals surface area (Å²) < 4.78 is 2.11. The second-order valence-corrected chi connectivity index (χ2v) is 8.94. The number of fused-ring (bicyclic) bond motifs is 1. The van der Waals surface area contributed by atoms with Crippen molar-refractivity contribution < 1.29 is 4.79 Å². The molecule has 0 radical (unpaired) electrons. The second kappa shape index (κ2) is 8.44. The number of carbonyl (C=O) groups excluding carboxylic acids is 1. The van der Waals surface area contributed by atoms with E-state index in [4.69, 9.17) is 4.98 Å². The Balaban J connectivity index is 1.33. The Hall–Kier alpha value is -1.92. The first-order chi connectivity index (χ1) is 14.3.